The van der Waals surface area contributed by atoms with E-state index in [-0.39, 0.29) is 0 Å². The maximum atomic E-state index is 7.21. The molecule has 1 N–H and O–H groups in total. The van der Waals surface area contributed by atoms with Crippen LogP contribution in [0.25, 0.3) is 0 Å². The second-order valence-electron chi connectivity index (χ2n) is 4.34. The van der Waals surface area contributed by atoms with Crippen LogP contribution in [0, 0.1) is 18.8 Å². The van der Waals surface area contributed by atoms with Crippen LogP contribution in [0.4, 0.5) is 0 Å². The highest BCUT2D eigenvalue weighted by Gasteiger charge is 2.05. The Morgan fingerprint density at radius 2 is 1.62 bits per heavy atom. The first-order valence-electron chi connectivity index (χ1n) is 5.64. The normalized spacial score (nSPS) is 15.7. The van der Waals surface area contributed by atoms with E-state index in [2.05, 4.69) is 20.8 Å². The monoisotopic (exact) mass is 183 g/mol. The van der Waals surface area contributed by atoms with Crippen molar-refractivity contribution in [1.29, 1.82) is 0 Å². The molecule has 0 aromatic rings. The Morgan fingerprint density at radius 1 is 1.00 bits per heavy atom. The van der Waals surface area contributed by atoms with Gasteiger partial charge in [0.1, 0.15) is 0 Å². The molecule has 0 aromatic heterocycles. The van der Waals surface area contributed by atoms with E-state index in [4.69, 9.17) is 5.73 Å². The third-order valence-electron chi connectivity index (χ3n) is 2.70. The molecule has 78 valence electrons. The van der Waals surface area contributed by atoms with Crippen LogP contribution in [0.1, 0.15) is 52.4 Å². The van der Waals surface area contributed by atoms with Crippen molar-refractivity contribution in [2.24, 2.45) is 11.8 Å². The fraction of sp³-hybridized carbons (Fsp3) is 0.917. The highest BCUT2D eigenvalue weighted by molar-refractivity contribution is 4.59. The third-order valence-corrected chi connectivity index (χ3v) is 2.70. The van der Waals surface area contributed by atoms with E-state index in [9.17, 15) is 0 Å². The van der Waals surface area contributed by atoms with Gasteiger partial charge in [-0.05, 0) is 18.3 Å². The SMILES string of the molecule is [CH2]CCCCC(C)CCC(C)C[NH]. The van der Waals surface area contributed by atoms with Crippen LogP contribution in [0.15, 0.2) is 0 Å². The quantitative estimate of drug-likeness (QED) is 0.512. The lowest BCUT2D eigenvalue weighted by atomic mass is 9.94. The van der Waals surface area contributed by atoms with Crippen molar-refractivity contribution in [1.82, 2.24) is 5.73 Å². The van der Waals surface area contributed by atoms with Crippen molar-refractivity contribution in [3.05, 3.63) is 6.92 Å². The first-order chi connectivity index (χ1) is 6.20. The summed E-state index contributed by atoms with van der Waals surface area (Å²) in [5.41, 5.74) is 7.21. The van der Waals surface area contributed by atoms with E-state index in [0.717, 1.165) is 12.3 Å². The van der Waals surface area contributed by atoms with Gasteiger partial charge in [0.25, 0.3) is 0 Å². The van der Waals surface area contributed by atoms with Gasteiger partial charge in [0.15, 0.2) is 0 Å². The highest BCUT2D eigenvalue weighted by atomic mass is 14.5. The summed E-state index contributed by atoms with van der Waals surface area (Å²) in [6.45, 7) is 8.94. The van der Waals surface area contributed by atoms with Crippen LogP contribution in [-0.2, 0) is 0 Å². The molecule has 1 nitrogen and oxygen atoms in total. The maximum absolute atomic E-state index is 7.21. The number of unbranched alkanes of at least 4 members (excludes halogenated alkanes) is 2. The van der Waals surface area contributed by atoms with Gasteiger partial charge in [0.05, 0.1) is 0 Å². The lowest BCUT2D eigenvalue weighted by Gasteiger charge is -2.13. The lowest BCUT2D eigenvalue weighted by Crippen LogP contribution is -2.05. The topological polar surface area (TPSA) is 23.8 Å². The van der Waals surface area contributed by atoms with Crippen LogP contribution in [-0.4, -0.2) is 6.54 Å². The molecule has 0 bridgehead atoms. The average Bonchev–Trinajstić information content (AvgIpc) is 2.14. The summed E-state index contributed by atoms with van der Waals surface area (Å²) in [4.78, 5) is 0. The predicted octanol–water partition coefficient (Wildman–Crippen LogP) is 3.72. The summed E-state index contributed by atoms with van der Waals surface area (Å²) in [7, 11) is 0. The summed E-state index contributed by atoms with van der Waals surface area (Å²) in [6.07, 6.45) is 7.57. The van der Waals surface area contributed by atoms with E-state index in [1.807, 2.05) is 0 Å². The number of nitrogens with one attached hydrogen (secondary N) is 1. The van der Waals surface area contributed by atoms with Crippen molar-refractivity contribution < 1.29 is 0 Å². The number of rotatable bonds is 8. The van der Waals surface area contributed by atoms with Crippen LogP contribution in [0.3, 0.4) is 0 Å². The summed E-state index contributed by atoms with van der Waals surface area (Å²) in [6, 6.07) is 0. The number of hydrogen-bond acceptors (Lipinski definition) is 0. The smallest absolute Gasteiger partial charge is 0.0125 e. The van der Waals surface area contributed by atoms with Crippen molar-refractivity contribution >= 4 is 0 Å². The fourth-order valence-corrected chi connectivity index (χ4v) is 1.49. The molecular formula is C12H25N. The largest absolute Gasteiger partial charge is 0.258 e. The minimum atomic E-state index is 0.589. The second-order valence-corrected chi connectivity index (χ2v) is 4.34. The molecule has 0 spiro atoms. The molecule has 0 aromatic carbocycles. The van der Waals surface area contributed by atoms with Crippen molar-refractivity contribution in [3.8, 4) is 0 Å². The van der Waals surface area contributed by atoms with Gasteiger partial charge in [-0.25, -0.2) is 0 Å². The minimum Gasteiger partial charge on any atom is -0.258 e. The van der Waals surface area contributed by atoms with E-state index >= 15 is 0 Å². The Kier molecular flexibility index (Phi) is 8.53. The first kappa shape index (κ1) is 13.0. The van der Waals surface area contributed by atoms with Gasteiger partial charge >= 0.3 is 0 Å². The molecular weight excluding hydrogens is 158 g/mol. The molecule has 0 aliphatic carbocycles. The molecule has 0 rings (SSSR count). The van der Waals surface area contributed by atoms with E-state index in [1.54, 1.807) is 0 Å². The maximum Gasteiger partial charge on any atom is 0.0125 e. The molecule has 2 atom stereocenters. The first-order valence-corrected chi connectivity index (χ1v) is 5.64. The van der Waals surface area contributed by atoms with Gasteiger partial charge in [-0.1, -0.05) is 52.9 Å². The predicted molar refractivity (Wildman–Crippen MR) is 59.4 cm³/mol. The van der Waals surface area contributed by atoms with E-state index in [1.165, 1.54) is 32.1 Å². The molecule has 2 unspecified atom stereocenters. The molecule has 0 amide bonds. The van der Waals surface area contributed by atoms with Gasteiger partial charge in [-0.2, -0.15) is 0 Å². The van der Waals surface area contributed by atoms with Crippen LogP contribution in [0.5, 0.6) is 0 Å². The summed E-state index contributed by atoms with van der Waals surface area (Å²) < 4.78 is 0. The molecule has 0 fully saturated rings. The minimum absolute atomic E-state index is 0.589. The van der Waals surface area contributed by atoms with Gasteiger partial charge in [-0.3, -0.25) is 5.73 Å². The molecule has 0 heterocycles. The number of hydrogen-bond donors (Lipinski definition) is 0. The Balaban J connectivity index is 3.24. The van der Waals surface area contributed by atoms with Gasteiger partial charge in [0, 0.05) is 6.54 Å². The Hall–Kier alpha value is -0.0400. The standard InChI is InChI=1S/C12H25N/c1-4-5-6-7-11(2)8-9-12(3)10-13/h11-13H,1,4-10H2,2-3H3. The van der Waals surface area contributed by atoms with Gasteiger partial charge < -0.3 is 0 Å². The molecule has 0 aliphatic rings. The zero-order chi connectivity index (χ0) is 10.1. The van der Waals surface area contributed by atoms with Gasteiger partial charge in [-0.15, -0.1) is 0 Å². The summed E-state index contributed by atoms with van der Waals surface area (Å²) in [5, 5.41) is 0. The van der Waals surface area contributed by atoms with E-state index in [0.29, 0.717) is 12.5 Å². The fourth-order valence-electron chi connectivity index (χ4n) is 1.49. The summed E-state index contributed by atoms with van der Waals surface area (Å²) >= 11 is 0. The zero-order valence-corrected chi connectivity index (χ0v) is 9.31. The molecule has 2 radical (unpaired) electrons. The van der Waals surface area contributed by atoms with Crippen molar-refractivity contribution in [2.75, 3.05) is 6.54 Å². The Bertz CT molecular complexity index is 101. The zero-order valence-electron chi connectivity index (χ0n) is 9.31. The average molecular weight is 183 g/mol. The third kappa shape index (κ3) is 8.29. The highest BCUT2D eigenvalue weighted by Crippen LogP contribution is 2.17. The molecule has 13 heavy (non-hydrogen) atoms. The molecule has 1 heteroatoms. The summed E-state index contributed by atoms with van der Waals surface area (Å²) in [5.74, 6) is 1.44. The Labute approximate surface area is 84.1 Å². The van der Waals surface area contributed by atoms with E-state index < -0.39 is 0 Å². The van der Waals surface area contributed by atoms with Crippen LogP contribution >= 0.6 is 0 Å². The van der Waals surface area contributed by atoms with Gasteiger partial charge in [0.2, 0.25) is 0 Å². The van der Waals surface area contributed by atoms with Crippen molar-refractivity contribution in [3.63, 3.8) is 0 Å². The molecule has 0 saturated heterocycles. The second kappa shape index (κ2) is 8.55. The van der Waals surface area contributed by atoms with Crippen LogP contribution in [0.2, 0.25) is 0 Å². The lowest BCUT2D eigenvalue weighted by molar-refractivity contribution is 0.404. The molecule has 0 saturated carbocycles. The van der Waals surface area contributed by atoms with Crippen LogP contribution < -0.4 is 5.73 Å². The van der Waals surface area contributed by atoms with Crippen molar-refractivity contribution in [2.45, 2.75) is 52.4 Å². The Morgan fingerprint density at radius 3 is 2.15 bits per heavy atom. The molecule has 0 aliphatic heterocycles.